The van der Waals surface area contributed by atoms with Crippen molar-refractivity contribution in [1.82, 2.24) is 14.9 Å². The van der Waals surface area contributed by atoms with Crippen LogP contribution >= 0.6 is 0 Å². The van der Waals surface area contributed by atoms with Crippen LogP contribution in [-0.2, 0) is 17.8 Å². The van der Waals surface area contributed by atoms with Crippen LogP contribution in [-0.4, -0.2) is 27.9 Å². The summed E-state index contributed by atoms with van der Waals surface area (Å²) in [5, 5.41) is 5.99. The molecule has 0 unspecified atom stereocenters. The molecule has 0 spiro atoms. The summed E-state index contributed by atoms with van der Waals surface area (Å²) in [5.74, 6) is 0.656. The lowest BCUT2D eigenvalue weighted by Gasteiger charge is -2.12. The number of aryl methyl sites for hydroxylation is 3. The minimum Gasteiger partial charge on any atom is -0.352 e. The Labute approximate surface area is 193 Å². The molecule has 33 heavy (non-hydrogen) atoms. The summed E-state index contributed by atoms with van der Waals surface area (Å²) in [6, 6.07) is 23.0. The van der Waals surface area contributed by atoms with Gasteiger partial charge >= 0.3 is 0 Å². The highest BCUT2D eigenvalue weighted by Crippen LogP contribution is 2.19. The van der Waals surface area contributed by atoms with Crippen molar-refractivity contribution in [3.05, 3.63) is 95.3 Å². The molecular formula is C27H28N4O2. The standard InChI is InChI=1S/C27H28N4O2/c1-19-14-15-20(2)23(17-19)30-26(32)18-31-24-12-7-6-11-22(24)29-25(31)13-8-16-28-27(33)21-9-4-3-5-10-21/h3-7,9-12,14-15,17H,8,13,16,18H2,1-2H3,(H,28,33)(H,30,32). The van der Waals surface area contributed by atoms with Gasteiger partial charge in [0.1, 0.15) is 12.4 Å². The van der Waals surface area contributed by atoms with Crippen molar-refractivity contribution in [1.29, 1.82) is 0 Å². The first-order chi connectivity index (χ1) is 16.0. The molecule has 2 N–H and O–H groups in total. The van der Waals surface area contributed by atoms with Gasteiger partial charge in [-0.25, -0.2) is 4.98 Å². The predicted octanol–water partition coefficient (Wildman–Crippen LogP) is 4.65. The van der Waals surface area contributed by atoms with Crippen LogP contribution in [0.2, 0.25) is 0 Å². The Kier molecular flexibility index (Phi) is 6.83. The zero-order chi connectivity index (χ0) is 23.2. The van der Waals surface area contributed by atoms with Gasteiger partial charge in [-0.05, 0) is 61.7 Å². The smallest absolute Gasteiger partial charge is 0.251 e. The molecule has 1 aromatic heterocycles. The van der Waals surface area contributed by atoms with Gasteiger partial charge in [0.05, 0.1) is 11.0 Å². The van der Waals surface area contributed by atoms with E-state index >= 15 is 0 Å². The Bertz CT molecular complexity index is 1280. The van der Waals surface area contributed by atoms with E-state index in [1.807, 2.05) is 79.1 Å². The quantitative estimate of drug-likeness (QED) is 0.392. The van der Waals surface area contributed by atoms with Crippen LogP contribution in [0.5, 0.6) is 0 Å². The maximum Gasteiger partial charge on any atom is 0.251 e. The molecule has 4 aromatic rings. The number of para-hydroxylation sites is 2. The number of hydrogen-bond donors (Lipinski definition) is 2. The molecule has 6 nitrogen and oxygen atoms in total. The molecule has 0 aliphatic heterocycles. The zero-order valence-corrected chi connectivity index (χ0v) is 19.0. The number of nitrogens with one attached hydrogen (secondary N) is 2. The molecule has 1 heterocycles. The minimum absolute atomic E-state index is 0.0861. The van der Waals surface area contributed by atoms with Crippen molar-refractivity contribution >= 4 is 28.5 Å². The topological polar surface area (TPSA) is 76.0 Å². The molecule has 0 aliphatic carbocycles. The van der Waals surface area contributed by atoms with Crippen molar-refractivity contribution in [2.24, 2.45) is 0 Å². The normalized spacial score (nSPS) is 10.8. The zero-order valence-electron chi connectivity index (χ0n) is 19.0. The van der Waals surface area contributed by atoms with E-state index in [2.05, 4.69) is 10.6 Å². The summed E-state index contributed by atoms with van der Waals surface area (Å²) in [6.07, 6.45) is 1.38. The number of carbonyl (C=O) groups is 2. The predicted molar refractivity (Wildman–Crippen MR) is 131 cm³/mol. The number of carbonyl (C=O) groups excluding carboxylic acids is 2. The molecule has 0 atom stereocenters. The van der Waals surface area contributed by atoms with E-state index in [0.717, 1.165) is 40.1 Å². The second-order valence-corrected chi connectivity index (χ2v) is 8.19. The molecule has 0 saturated carbocycles. The highest BCUT2D eigenvalue weighted by atomic mass is 16.2. The number of fused-ring (bicyclic) bond motifs is 1. The summed E-state index contributed by atoms with van der Waals surface area (Å²) < 4.78 is 1.97. The largest absolute Gasteiger partial charge is 0.352 e. The number of nitrogens with zero attached hydrogens (tertiary/aromatic N) is 2. The maximum absolute atomic E-state index is 12.9. The third-order valence-corrected chi connectivity index (χ3v) is 5.60. The van der Waals surface area contributed by atoms with Crippen LogP contribution < -0.4 is 10.6 Å². The first-order valence-corrected chi connectivity index (χ1v) is 11.2. The first kappa shape index (κ1) is 22.3. The molecule has 168 valence electrons. The number of benzene rings is 3. The van der Waals surface area contributed by atoms with E-state index in [9.17, 15) is 9.59 Å². The van der Waals surface area contributed by atoms with Crippen LogP contribution in [0.1, 0.15) is 33.7 Å². The third-order valence-electron chi connectivity index (χ3n) is 5.60. The lowest BCUT2D eigenvalue weighted by atomic mass is 10.1. The van der Waals surface area contributed by atoms with Crippen molar-refractivity contribution in [2.45, 2.75) is 33.2 Å². The Morgan fingerprint density at radius 1 is 0.939 bits per heavy atom. The van der Waals surface area contributed by atoms with E-state index in [1.165, 1.54) is 0 Å². The van der Waals surface area contributed by atoms with E-state index in [4.69, 9.17) is 4.98 Å². The van der Waals surface area contributed by atoms with Gasteiger partial charge in [-0.3, -0.25) is 9.59 Å². The number of imidazole rings is 1. The van der Waals surface area contributed by atoms with Crippen molar-refractivity contribution in [3.8, 4) is 0 Å². The van der Waals surface area contributed by atoms with E-state index in [-0.39, 0.29) is 18.4 Å². The second kappa shape index (κ2) is 10.1. The van der Waals surface area contributed by atoms with Crippen LogP contribution in [0, 0.1) is 13.8 Å². The van der Waals surface area contributed by atoms with Crippen LogP contribution in [0.15, 0.2) is 72.8 Å². The van der Waals surface area contributed by atoms with Gasteiger partial charge < -0.3 is 15.2 Å². The van der Waals surface area contributed by atoms with Crippen LogP contribution in [0.25, 0.3) is 11.0 Å². The fourth-order valence-corrected chi connectivity index (χ4v) is 3.84. The molecule has 6 heteroatoms. The Morgan fingerprint density at radius 3 is 2.52 bits per heavy atom. The molecule has 4 rings (SSSR count). The molecule has 0 fully saturated rings. The number of hydrogen-bond acceptors (Lipinski definition) is 3. The SMILES string of the molecule is Cc1ccc(C)c(NC(=O)Cn2c(CCCNC(=O)c3ccccc3)nc3ccccc32)c1. The number of rotatable bonds is 8. The fraction of sp³-hybridized carbons (Fsp3) is 0.222. The summed E-state index contributed by atoms with van der Waals surface area (Å²) >= 11 is 0. The summed E-state index contributed by atoms with van der Waals surface area (Å²) in [7, 11) is 0. The van der Waals surface area contributed by atoms with Crippen molar-refractivity contribution in [2.75, 3.05) is 11.9 Å². The Morgan fingerprint density at radius 2 is 1.70 bits per heavy atom. The van der Waals surface area contributed by atoms with Gasteiger partial charge in [0.25, 0.3) is 5.91 Å². The third kappa shape index (κ3) is 5.47. The van der Waals surface area contributed by atoms with Crippen molar-refractivity contribution < 1.29 is 9.59 Å². The Hall–Kier alpha value is -3.93. The average Bonchev–Trinajstić information content (AvgIpc) is 3.16. The van der Waals surface area contributed by atoms with Gasteiger partial charge in [0.2, 0.25) is 5.91 Å². The van der Waals surface area contributed by atoms with Gasteiger partial charge in [-0.15, -0.1) is 0 Å². The van der Waals surface area contributed by atoms with Crippen molar-refractivity contribution in [3.63, 3.8) is 0 Å². The first-order valence-electron chi connectivity index (χ1n) is 11.2. The van der Waals surface area contributed by atoms with E-state index in [1.54, 1.807) is 12.1 Å². The number of anilines is 1. The molecule has 0 bridgehead atoms. The molecule has 2 amide bonds. The van der Waals surface area contributed by atoms with Gasteiger partial charge in [0, 0.05) is 24.2 Å². The van der Waals surface area contributed by atoms with E-state index < -0.39 is 0 Å². The second-order valence-electron chi connectivity index (χ2n) is 8.19. The highest BCUT2D eigenvalue weighted by molar-refractivity contribution is 5.94. The maximum atomic E-state index is 12.9. The lowest BCUT2D eigenvalue weighted by Crippen LogP contribution is -2.25. The highest BCUT2D eigenvalue weighted by Gasteiger charge is 2.14. The van der Waals surface area contributed by atoms with E-state index in [0.29, 0.717) is 18.5 Å². The molecule has 3 aromatic carbocycles. The molecule has 0 saturated heterocycles. The number of amides is 2. The van der Waals surface area contributed by atoms with Gasteiger partial charge in [0.15, 0.2) is 0 Å². The van der Waals surface area contributed by atoms with Gasteiger partial charge in [-0.1, -0.05) is 42.5 Å². The van der Waals surface area contributed by atoms with Crippen LogP contribution in [0.3, 0.4) is 0 Å². The average molecular weight is 441 g/mol. The van der Waals surface area contributed by atoms with Gasteiger partial charge in [-0.2, -0.15) is 0 Å². The van der Waals surface area contributed by atoms with Crippen LogP contribution in [0.4, 0.5) is 5.69 Å². The molecular weight excluding hydrogens is 412 g/mol. The summed E-state index contributed by atoms with van der Waals surface area (Å²) in [4.78, 5) is 29.9. The monoisotopic (exact) mass is 440 g/mol. The summed E-state index contributed by atoms with van der Waals surface area (Å²) in [6.45, 7) is 4.70. The molecule has 0 aliphatic rings. The summed E-state index contributed by atoms with van der Waals surface area (Å²) in [5.41, 5.74) is 5.39. The Balaban J connectivity index is 1.43. The minimum atomic E-state index is -0.0921. The molecule has 0 radical (unpaired) electrons. The fourth-order valence-electron chi connectivity index (χ4n) is 3.84. The number of aromatic nitrogens is 2. The lowest BCUT2D eigenvalue weighted by molar-refractivity contribution is -0.116.